The summed E-state index contributed by atoms with van der Waals surface area (Å²) in [4.78, 5) is 17.2. The summed E-state index contributed by atoms with van der Waals surface area (Å²) in [5, 5.41) is 0.912. The summed E-state index contributed by atoms with van der Waals surface area (Å²) >= 11 is 2.66. The largest absolute Gasteiger partial charge is 0.287 e. The van der Waals surface area contributed by atoms with Gasteiger partial charge in [0.15, 0.2) is 0 Å². The molecular weight excluding hydrogens is 216 g/mol. The molecule has 72 valence electrons. The third-order valence-corrected chi connectivity index (χ3v) is 3.49. The summed E-state index contributed by atoms with van der Waals surface area (Å²) in [7, 11) is 0. The topological polar surface area (TPSA) is 42.9 Å². The minimum absolute atomic E-state index is 0.0289. The zero-order chi connectivity index (χ0) is 10.1. The first-order valence-electron chi connectivity index (χ1n) is 4.07. The number of aryl methyl sites for hydroxylation is 2. The molecule has 0 saturated carbocycles. The Labute approximate surface area is 89.6 Å². The van der Waals surface area contributed by atoms with Gasteiger partial charge in [-0.2, -0.15) is 4.37 Å². The van der Waals surface area contributed by atoms with Gasteiger partial charge < -0.3 is 0 Å². The minimum Gasteiger partial charge on any atom is -0.287 e. The molecule has 2 aromatic heterocycles. The van der Waals surface area contributed by atoms with Crippen LogP contribution in [0.15, 0.2) is 12.3 Å². The summed E-state index contributed by atoms with van der Waals surface area (Å²) in [6.07, 6.45) is 1.62. The quantitative estimate of drug-likeness (QED) is 0.736. The van der Waals surface area contributed by atoms with Gasteiger partial charge in [0.05, 0.1) is 20.5 Å². The lowest BCUT2D eigenvalue weighted by Crippen LogP contribution is -1.94. The van der Waals surface area contributed by atoms with Crippen molar-refractivity contribution in [3.63, 3.8) is 0 Å². The van der Waals surface area contributed by atoms with Gasteiger partial charge in [0, 0.05) is 6.20 Å². The van der Waals surface area contributed by atoms with Gasteiger partial charge in [-0.25, -0.2) is 4.98 Å². The van der Waals surface area contributed by atoms with Crippen LogP contribution in [0.3, 0.4) is 0 Å². The highest BCUT2D eigenvalue weighted by molar-refractivity contribution is 7.15. The second-order valence-electron chi connectivity index (χ2n) is 2.91. The van der Waals surface area contributed by atoms with Crippen LogP contribution in [0.2, 0.25) is 0 Å². The molecule has 0 unspecified atom stereocenters. The van der Waals surface area contributed by atoms with Crippen molar-refractivity contribution in [3.8, 4) is 0 Å². The fourth-order valence-electron chi connectivity index (χ4n) is 1.06. The summed E-state index contributed by atoms with van der Waals surface area (Å²) < 4.78 is 4.08. The molecule has 2 aromatic rings. The van der Waals surface area contributed by atoms with Gasteiger partial charge in [-0.3, -0.25) is 4.79 Å². The molecule has 0 N–H and O–H groups in total. The van der Waals surface area contributed by atoms with Gasteiger partial charge in [0.25, 0.3) is 0 Å². The Morgan fingerprint density at radius 3 is 2.64 bits per heavy atom. The van der Waals surface area contributed by atoms with Gasteiger partial charge in [0.1, 0.15) is 0 Å². The lowest BCUT2D eigenvalue weighted by atomic mass is 10.3. The molecule has 3 nitrogen and oxygen atoms in total. The molecule has 0 aliphatic rings. The van der Waals surface area contributed by atoms with E-state index in [9.17, 15) is 4.79 Å². The summed E-state index contributed by atoms with van der Waals surface area (Å²) in [5.74, 6) is 0.0289. The van der Waals surface area contributed by atoms with Crippen molar-refractivity contribution in [2.24, 2.45) is 0 Å². The van der Waals surface area contributed by atoms with Crippen molar-refractivity contribution in [2.45, 2.75) is 13.8 Å². The van der Waals surface area contributed by atoms with E-state index in [0.717, 1.165) is 10.7 Å². The fraction of sp³-hybridized carbons (Fsp3) is 0.222. The molecule has 0 aliphatic carbocycles. The van der Waals surface area contributed by atoms with E-state index in [1.807, 2.05) is 19.9 Å². The predicted molar refractivity (Wildman–Crippen MR) is 57.1 cm³/mol. The Kier molecular flexibility index (Phi) is 2.43. The third kappa shape index (κ3) is 1.73. The van der Waals surface area contributed by atoms with E-state index in [1.165, 1.54) is 22.9 Å². The second-order valence-corrected chi connectivity index (χ2v) is 4.94. The van der Waals surface area contributed by atoms with E-state index in [-0.39, 0.29) is 5.78 Å². The second kappa shape index (κ2) is 3.59. The smallest absolute Gasteiger partial charge is 0.216 e. The van der Waals surface area contributed by atoms with E-state index >= 15 is 0 Å². The Hall–Kier alpha value is -1.07. The van der Waals surface area contributed by atoms with Crippen molar-refractivity contribution in [3.05, 3.63) is 32.7 Å². The van der Waals surface area contributed by atoms with Crippen LogP contribution >= 0.6 is 22.9 Å². The maximum atomic E-state index is 11.8. The summed E-state index contributed by atoms with van der Waals surface area (Å²) in [6.45, 7) is 3.77. The summed E-state index contributed by atoms with van der Waals surface area (Å²) in [5.41, 5.74) is 0.889. The molecule has 0 aliphatic heterocycles. The van der Waals surface area contributed by atoms with Crippen molar-refractivity contribution in [1.82, 2.24) is 9.36 Å². The maximum Gasteiger partial charge on any atom is 0.216 e. The van der Waals surface area contributed by atoms with Crippen LogP contribution in [0.25, 0.3) is 0 Å². The van der Waals surface area contributed by atoms with E-state index < -0.39 is 0 Å². The normalized spacial score (nSPS) is 10.4. The lowest BCUT2D eigenvalue weighted by molar-refractivity contribution is 0.104. The van der Waals surface area contributed by atoms with E-state index in [4.69, 9.17) is 0 Å². The predicted octanol–water partition coefficient (Wildman–Crippen LogP) is 2.45. The van der Waals surface area contributed by atoms with Gasteiger partial charge in [-0.15, -0.1) is 11.3 Å². The number of hydrogen-bond donors (Lipinski definition) is 0. The number of ketones is 1. The molecule has 0 saturated heterocycles. The first-order valence-corrected chi connectivity index (χ1v) is 5.66. The lowest BCUT2D eigenvalue weighted by Gasteiger charge is -1.88. The molecule has 0 spiro atoms. The van der Waals surface area contributed by atoms with Crippen LogP contribution in [0.4, 0.5) is 0 Å². The first kappa shape index (κ1) is 9.48. The SMILES string of the molecule is Cc1cc(C(=O)c2cnc(C)s2)sn1. The highest BCUT2D eigenvalue weighted by Gasteiger charge is 2.14. The first-order chi connectivity index (χ1) is 6.66. The van der Waals surface area contributed by atoms with E-state index in [1.54, 1.807) is 6.20 Å². The average molecular weight is 224 g/mol. The molecule has 0 amide bonds. The van der Waals surface area contributed by atoms with Crippen molar-refractivity contribution in [2.75, 3.05) is 0 Å². The highest BCUT2D eigenvalue weighted by atomic mass is 32.1. The van der Waals surface area contributed by atoms with Crippen molar-refractivity contribution < 1.29 is 4.79 Å². The molecule has 0 fully saturated rings. The van der Waals surface area contributed by atoms with Crippen molar-refractivity contribution in [1.29, 1.82) is 0 Å². The summed E-state index contributed by atoms with van der Waals surface area (Å²) in [6, 6.07) is 1.81. The average Bonchev–Trinajstić information content (AvgIpc) is 2.73. The number of nitrogens with zero attached hydrogens (tertiary/aromatic N) is 2. The number of carbonyl (C=O) groups excluding carboxylic acids is 1. The van der Waals surface area contributed by atoms with Crippen LogP contribution in [0.5, 0.6) is 0 Å². The molecule has 5 heteroatoms. The molecule has 0 radical (unpaired) electrons. The van der Waals surface area contributed by atoms with Gasteiger partial charge in [-0.1, -0.05) is 0 Å². The number of rotatable bonds is 2. The molecule has 2 rings (SSSR count). The van der Waals surface area contributed by atoms with Gasteiger partial charge in [-0.05, 0) is 31.4 Å². The zero-order valence-corrected chi connectivity index (χ0v) is 9.41. The molecule has 0 bridgehead atoms. The Morgan fingerprint density at radius 2 is 2.14 bits per heavy atom. The van der Waals surface area contributed by atoms with Crippen molar-refractivity contribution >= 4 is 28.7 Å². The van der Waals surface area contributed by atoms with Crippen LogP contribution in [-0.2, 0) is 0 Å². The molecule has 0 atom stereocenters. The number of hydrogen-bond acceptors (Lipinski definition) is 5. The maximum absolute atomic E-state index is 11.8. The fourth-order valence-corrected chi connectivity index (χ4v) is 2.57. The Balaban J connectivity index is 2.33. The van der Waals surface area contributed by atoms with Crippen LogP contribution < -0.4 is 0 Å². The molecular formula is C9H8N2OS2. The minimum atomic E-state index is 0.0289. The number of aromatic nitrogens is 2. The zero-order valence-electron chi connectivity index (χ0n) is 7.77. The molecule has 0 aromatic carbocycles. The van der Waals surface area contributed by atoms with Crippen LogP contribution in [0, 0.1) is 13.8 Å². The molecule has 2 heterocycles. The molecule has 14 heavy (non-hydrogen) atoms. The van der Waals surface area contributed by atoms with Crippen LogP contribution in [0.1, 0.15) is 25.3 Å². The Morgan fingerprint density at radius 1 is 1.36 bits per heavy atom. The monoisotopic (exact) mass is 224 g/mol. The van der Waals surface area contributed by atoms with Crippen LogP contribution in [-0.4, -0.2) is 15.1 Å². The third-order valence-electron chi connectivity index (χ3n) is 1.70. The van der Waals surface area contributed by atoms with E-state index in [2.05, 4.69) is 9.36 Å². The van der Waals surface area contributed by atoms with Gasteiger partial charge in [0.2, 0.25) is 5.78 Å². The number of carbonyl (C=O) groups is 1. The van der Waals surface area contributed by atoms with Gasteiger partial charge >= 0.3 is 0 Å². The highest BCUT2D eigenvalue weighted by Crippen LogP contribution is 2.19. The van der Waals surface area contributed by atoms with E-state index in [0.29, 0.717) is 9.75 Å². The number of thiazole rings is 1. The Bertz CT molecular complexity index is 430. The standard InChI is InChI=1S/C9H8N2OS2/c1-5-3-7(14-11-5)9(12)8-4-10-6(2)13-8/h3-4H,1-2H3.